The number of anilines is 1. The highest BCUT2D eigenvalue weighted by Crippen LogP contribution is 2.33. The van der Waals surface area contributed by atoms with E-state index >= 15 is 0 Å². The van der Waals surface area contributed by atoms with Crippen LogP contribution in [-0.2, 0) is 11.2 Å². The summed E-state index contributed by atoms with van der Waals surface area (Å²) in [5.41, 5.74) is 7.94. The summed E-state index contributed by atoms with van der Waals surface area (Å²) in [7, 11) is 1.74. The lowest BCUT2D eigenvalue weighted by molar-refractivity contribution is -0.118. The molecule has 0 spiro atoms. The molecule has 0 atom stereocenters. The summed E-state index contributed by atoms with van der Waals surface area (Å²) in [6.07, 6.45) is 6.95. The molecule has 1 aromatic heterocycles. The highest BCUT2D eigenvalue weighted by Gasteiger charge is 2.32. The van der Waals surface area contributed by atoms with Gasteiger partial charge in [0, 0.05) is 25.2 Å². The predicted molar refractivity (Wildman–Crippen MR) is 132 cm³/mol. The van der Waals surface area contributed by atoms with E-state index in [1.807, 2.05) is 48.5 Å². The van der Waals surface area contributed by atoms with Crippen LogP contribution in [0.2, 0.25) is 0 Å². The van der Waals surface area contributed by atoms with Gasteiger partial charge < -0.3 is 20.5 Å². The topological polar surface area (TPSA) is 111 Å². The number of primary amides is 1. The third kappa shape index (κ3) is 6.08. The Kier molecular flexibility index (Phi) is 7.18. The first-order valence-electron chi connectivity index (χ1n) is 11.5. The van der Waals surface area contributed by atoms with Crippen LogP contribution in [0, 0.1) is 11.8 Å². The Bertz CT molecular complexity index is 1270. The van der Waals surface area contributed by atoms with Gasteiger partial charge in [0.15, 0.2) is 0 Å². The van der Waals surface area contributed by atoms with Crippen molar-refractivity contribution < 1.29 is 19.4 Å². The second-order valence-electron chi connectivity index (χ2n) is 8.66. The van der Waals surface area contributed by atoms with Crippen LogP contribution in [0.3, 0.4) is 0 Å². The van der Waals surface area contributed by atoms with Crippen LogP contribution in [0.15, 0.2) is 60.9 Å². The van der Waals surface area contributed by atoms with Crippen molar-refractivity contribution in [2.45, 2.75) is 37.7 Å². The summed E-state index contributed by atoms with van der Waals surface area (Å²) in [5, 5.41) is 13.8. The van der Waals surface area contributed by atoms with Gasteiger partial charge in [0.25, 0.3) is 0 Å². The average molecular weight is 473 g/mol. The molecule has 2 aromatic carbocycles. The van der Waals surface area contributed by atoms with E-state index in [1.54, 1.807) is 24.3 Å². The monoisotopic (exact) mass is 472 g/mol. The van der Waals surface area contributed by atoms with Gasteiger partial charge in [-0.25, -0.2) is 4.79 Å². The standard InChI is InChI=1S/C16H17NO3.C11H11N3O/c1-17-13-11-12(5-9-16(19)7-2-8-16)3-4-14(13)20-10-6-15(17)18;12-11(15)14-8-10(7-13-14)6-9-4-2-1-3-5-9/h3-4,11,19H,2,6-8,10H2,1H3;1-5,7-8H,6H2,(H2,12,15). The Hall–Kier alpha value is -4.09. The molecule has 1 fully saturated rings. The van der Waals surface area contributed by atoms with E-state index in [2.05, 4.69) is 16.9 Å². The Labute approximate surface area is 204 Å². The lowest BCUT2D eigenvalue weighted by Crippen LogP contribution is -2.34. The van der Waals surface area contributed by atoms with Crippen LogP contribution in [0.5, 0.6) is 5.75 Å². The summed E-state index contributed by atoms with van der Waals surface area (Å²) in [6.45, 7) is 0.404. The summed E-state index contributed by atoms with van der Waals surface area (Å²) >= 11 is 0. The van der Waals surface area contributed by atoms with Crippen LogP contribution >= 0.6 is 0 Å². The number of carbonyl (C=O) groups is 2. The van der Waals surface area contributed by atoms with Crippen LogP contribution < -0.4 is 15.4 Å². The van der Waals surface area contributed by atoms with Gasteiger partial charge in [0.2, 0.25) is 5.91 Å². The molecule has 2 heterocycles. The van der Waals surface area contributed by atoms with Gasteiger partial charge in [-0.05, 0) is 48.6 Å². The fraction of sp³-hybridized carbons (Fsp3) is 0.296. The molecular formula is C27H28N4O4. The van der Waals surface area contributed by atoms with Crippen molar-refractivity contribution in [3.05, 3.63) is 77.6 Å². The number of benzene rings is 2. The normalized spacial score (nSPS) is 15.7. The number of aliphatic hydroxyl groups is 1. The number of hydrogen-bond donors (Lipinski definition) is 2. The number of nitrogens with zero attached hydrogens (tertiary/aromatic N) is 3. The third-order valence-corrected chi connectivity index (χ3v) is 6.00. The fourth-order valence-electron chi connectivity index (χ4n) is 3.76. The number of nitrogens with two attached hydrogens (primary N) is 1. The van der Waals surface area contributed by atoms with E-state index in [1.165, 1.54) is 5.56 Å². The molecule has 5 rings (SSSR count). The van der Waals surface area contributed by atoms with Crippen LogP contribution in [0.25, 0.3) is 0 Å². The van der Waals surface area contributed by atoms with Crippen LogP contribution in [0.4, 0.5) is 10.5 Å². The average Bonchev–Trinajstić information content (AvgIpc) is 3.26. The molecule has 1 saturated carbocycles. The number of fused-ring (bicyclic) bond motifs is 1. The maximum atomic E-state index is 11.8. The van der Waals surface area contributed by atoms with Crippen molar-refractivity contribution in [3.8, 4) is 17.6 Å². The zero-order chi connectivity index (χ0) is 24.8. The first-order valence-corrected chi connectivity index (χ1v) is 11.5. The summed E-state index contributed by atoms with van der Waals surface area (Å²) in [5.74, 6) is 6.66. The number of amides is 2. The SMILES string of the molecule is CN1C(=O)CCOc2ccc(C#CC3(O)CCC3)cc21.NC(=O)n1cc(Cc2ccccc2)cn1. The summed E-state index contributed by atoms with van der Waals surface area (Å²) < 4.78 is 6.70. The van der Waals surface area contributed by atoms with Crippen molar-refractivity contribution >= 4 is 17.6 Å². The van der Waals surface area contributed by atoms with E-state index in [4.69, 9.17) is 10.5 Å². The van der Waals surface area contributed by atoms with Crippen molar-refractivity contribution in [1.82, 2.24) is 9.78 Å². The van der Waals surface area contributed by atoms with Gasteiger partial charge in [-0.2, -0.15) is 9.78 Å². The molecule has 180 valence electrons. The van der Waals surface area contributed by atoms with Crippen LogP contribution in [-0.4, -0.2) is 46.1 Å². The van der Waals surface area contributed by atoms with Crippen molar-refractivity contribution in [2.24, 2.45) is 5.73 Å². The molecule has 35 heavy (non-hydrogen) atoms. The zero-order valence-electron chi connectivity index (χ0n) is 19.6. The molecule has 0 radical (unpaired) electrons. The fourth-order valence-corrected chi connectivity index (χ4v) is 3.76. The quantitative estimate of drug-likeness (QED) is 0.557. The third-order valence-electron chi connectivity index (χ3n) is 6.00. The van der Waals surface area contributed by atoms with E-state index in [9.17, 15) is 14.7 Å². The second-order valence-corrected chi connectivity index (χ2v) is 8.66. The van der Waals surface area contributed by atoms with Crippen LogP contribution in [0.1, 0.15) is 42.4 Å². The minimum atomic E-state index is -0.814. The largest absolute Gasteiger partial charge is 0.491 e. The zero-order valence-corrected chi connectivity index (χ0v) is 19.6. The molecule has 0 unspecified atom stereocenters. The predicted octanol–water partition coefficient (Wildman–Crippen LogP) is 3.10. The highest BCUT2D eigenvalue weighted by atomic mass is 16.5. The molecule has 2 amide bonds. The molecule has 0 bridgehead atoms. The minimum absolute atomic E-state index is 0.0338. The minimum Gasteiger partial charge on any atom is -0.491 e. The maximum Gasteiger partial charge on any atom is 0.339 e. The van der Waals surface area contributed by atoms with Gasteiger partial charge in [-0.3, -0.25) is 4.79 Å². The maximum absolute atomic E-state index is 11.8. The molecule has 2 aliphatic rings. The van der Waals surface area contributed by atoms with Crippen molar-refractivity contribution in [1.29, 1.82) is 0 Å². The summed E-state index contributed by atoms with van der Waals surface area (Å²) in [6, 6.07) is 15.0. The van der Waals surface area contributed by atoms with E-state index in [0.717, 1.165) is 47.2 Å². The lowest BCUT2D eigenvalue weighted by atomic mass is 9.81. The molecule has 8 nitrogen and oxygen atoms in total. The molecule has 8 heteroatoms. The number of aromatic nitrogens is 2. The summed E-state index contributed by atoms with van der Waals surface area (Å²) in [4.78, 5) is 24.2. The first-order chi connectivity index (χ1) is 16.8. The number of rotatable bonds is 2. The molecule has 3 N–H and O–H groups in total. The molecular weight excluding hydrogens is 444 g/mol. The van der Waals surface area contributed by atoms with E-state index in [-0.39, 0.29) is 5.91 Å². The number of carbonyl (C=O) groups excluding carboxylic acids is 2. The number of ether oxygens (including phenoxy) is 1. The van der Waals surface area contributed by atoms with E-state index < -0.39 is 11.6 Å². The Morgan fingerprint density at radius 2 is 1.97 bits per heavy atom. The smallest absolute Gasteiger partial charge is 0.339 e. The van der Waals surface area contributed by atoms with Gasteiger partial charge in [-0.15, -0.1) is 0 Å². The Morgan fingerprint density at radius 1 is 1.20 bits per heavy atom. The van der Waals surface area contributed by atoms with Crippen molar-refractivity contribution in [3.63, 3.8) is 0 Å². The first kappa shape index (κ1) is 24.0. The molecule has 1 aliphatic carbocycles. The van der Waals surface area contributed by atoms with E-state index in [0.29, 0.717) is 18.8 Å². The Balaban J connectivity index is 0.000000172. The lowest BCUT2D eigenvalue weighted by Gasteiger charge is -2.30. The molecule has 1 aliphatic heterocycles. The highest BCUT2D eigenvalue weighted by molar-refractivity contribution is 5.95. The van der Waals surface area contributed by atoms with Gasteiger partial charge >= 0.3 is 6.03 Å². The van der Waals surface area contributed by atoms with Gasteiger partial charge in [-0.1, -0.05) is 42.2 Å². The molecule has 3 aromatic rings. The van der Waals surface area contributed by atoms with Crippen molar-refractivity contribution in [2.75, 3.05) is 18.6 Å². The number of hydrogen-bond acceptors (Lipinski definition) is 5. The molecule has 0 saturated heterocycles. The Morgan fingerprint density at radius 3 is 2.63 bits per heavy atom. The second kappa shape index (κ2) is 10.5. The van der Waals surface area contributed by atoms with Gasteiger partial charge in [0.1, 0.15) is 11.4 Å². The van der Waals surface area contributed by atoms with Gasteiger partial charge in [0.05, 0.1) is 24.9 Å².